The Labute approximate surface area is 135 Å². The van der Waals surface area contributed by atoms with Gasteiger partial charge < -0.3 is 10.5 Å². The van der Waals surface area contributed by atoms with Gasteiger partial charge in [-0.15, -0.1) is 0 Å². The highest BCUT2D eigenvalue weighted by molar-refractivity contribution is 6.35. The molecule has 0 atom stereocenters. The van der Waals surface area contributed by atoms with Crippen molar-refractivity contribution in [2.24, 2.45) is 5.73 Å². The van der Waals surface area contributed by atoms with E-state index in [1.54, 1.807) is 18.2 Å². The highest BCUT2D eigenvalue weighted by Gasteiger charge is 2.18. The molecule has 0 aliphatic carbocycles. The Balaban J connectivity index is 2.39. The number of nitrogens with two attached hydrogens (primary N) is 1. The average molecular weight is 325 g/mol. The molecular formula is C16H18Cl2N2O. The van der Waals surface area contributed by atoms with Crippen molar-refractivity contribution in [3.05, 3.63) is 51.6 Å². The molecule has 0 radical (unpaired) electrons. The van der Waals surface area contributed by atoms with E-state index in [1.807, 2.05) is 12.1 Å². The number of nitrogens with zero attached hydrogens (tertiary/aromatic N) is 1. The second kappa shape index (κ2) is 6.22. The number of aromatic nitrogens is 1. The first-order valence-corrected chi connectivity index (χ1v) is 7.39. The maximum atomic E-state index is 6.12. The fourth-order valence-corrected chi connectivity index (χ4v) is 2.23. The van der Waals surface area contributed by atoms with E-state index in [-0.39, 0.29) is 5.41 Å². The van der Waals surface area contributed by atoms with E-state index in [4.69, 9.17) is 33.7 Å². The summed E-state index contributed by atoms with van der Waals surface area (Å²) in [7, 11) is 0. The lowest BCUT2D eigenvalue weighted by Gasteiger charge is -2.19. The molecule has 3 nitrogen and oxygen atoms in total. The molecule has 0 unspecified atom stereocenters. The Morgan fingerprint density at radius 2 is 1.86 bits per heavy atom. The zero-order valence-electron chi connectivity index (χ0n) is 12.3. The summed E-state index contributed by atoms with van der Waals surface area (Å²) in [6, 6.07) is 8.89. The van der Waals surface area contributed by atoms with Crippen LogP contribution >= 0.6 is 23.2 Å². The van der Waals surface area contributed by atoms with Crippen LogP contribution in [0.2, 0.25) is 10.0 Å². The van der Waals surface area contributed by atoms with Crippen molar-refractivity contribution >= 4 is 23.2 Å². The Morgan fingerprint density at radius 3 is 2.43 bits per heavy atom. The summed E-state index contributed by atoms with van der Waals surface area (Å²) in [6.45, 7) is 6.70. The lowest BCUT2D eigenvalue weighted by atomic mass is 9.91. The molecule has 21 heavy (non-hydrogen) atoms. The van der Waals surface area contributed by atoms with Crippen molar-refractivity contribution < 1.29 is 4.74 Å². The SMILES string of the molecule is CC(C)(C)c1cc(CN)cc(Oc2ccc(Cl)cc2Cl)n1. The summed E-state index contributed by atoms with van der Waals surface area (Å²) in [6.07, 6.45) is 0. The van der Waals surface area contributed by atoms with Crippen molar-refractivity contribution in [2.75, 3.05) is 0 Å². The zero-order chi connectivity index (χ0) is 15.6. The highest BCUT2D eigenvalue weighted by Crippen LogP contribution is 2.32. The second-order valence-corrected chi connectivity index (χ2v) is 6.67. The van der Waals surface area contributed by atoms with Gasteiger partial charge in [0.15, 0.2) is 0 Å². The van der Waals surface area contributed by atoms with Crippen LogP contribution in [0.4, 0.5) is 0 Å². The van der Waals surface area contributed by atoms with Crippen LogP contribution in [0.25, 0.3) is 0 Å². The van der Waals surface area contributed by atoms with Crippen LogP contribution < -0.4 is 10.5 Å². The predicted molar refractivity (Wildman–Crippen MR) is 87.4 cm³/mol. The zero-order valence-corrected chi connectivity index (χ0v) is 13.8. The number of ether oxygens (including phenoxy) is 1. The van der Waals surface area contributed by atoms with Crippen molar-refractivity contribution in [1.82, 2.24) is 4.98 Å². The fraction of sp³-hybridized carbons (Fsp3) is 0.312. The molecule has 0 amide bonds. The molecule has 0 aliphatic heterocycles. The van der Waals surface area contributed by atoms with Gasteiger partial charge >= 0.3 is 0 Å². The van der Waals surface area contributed by atoms with E-state index in [9.17, 15) is 0 Å². The molecule has 2 aromatic rings. The van der Waals surface area contributed by atoms with Gasteiger partial charge in [-0.25, -0.2) is 4.98 Å². The average Bonchev–Trinajstić information content (AvgIpc) is 2.40. The summed E-state index contributed by atoms with van der Waals surface area (Å²) in [5.41, 5.74) is 7.55. The summed E-state index contributed by atoms with van der Waals surface area (Å²) < 4.78 is 5.79. The summed E-state index contributed by atoms with van der Waals surface area (Å²) >= 11 is 12.0. The van der Waals surface area contributed by atoms with Crippen molar-refractivity contribution in [1.29, 1.82) is 0 Å². The van der Waals surface area contributed by atoms with Gasteiger partial charge in [0.1, 0.15) is 5.75 Å². The van der Waals surface area contributed by atoms with Crippen LogP contribution in [0.15, 0.2) is 30.3 Å². The third-order valence-corrected chi connectivity index (χ3v) is 3.50. The second-order valence-electron chi connectivity index (χ2n) is 5.83. The summed E-state index contributed by atoms with van der Waals surface area (Å²) in [5.74, 6) is 0.995. The van der Waals surface area contributed by atoms with E-state index in [0.29, 0.717) is 28.2 Å². The van der Waals surface area contributed by atoms with Gasteiger partial charge in [0.2, 0.25) is 5.88 Å². The molecule has 1 aromatic carbocycles. The van der Waals surface area contributed by atoms with Gasteiger partial charge in [-0.3, -0.25) is 0 Å². The van der Waals surface area contributed by atoms with Gasteiger partial charge in [0, 0.05) is 23.0 Å². The molecule has 0 spiro atoms. The van der Waals surface area contributed by atoms with Crippen LogP contribution in [0, 0.1) is 0 Å². The normalized spacial score (nSPS) is 11.5. The molecule has 0 saturated heterocycles. The molecule has 0 saturated carbocycles. The Morgan fingerprint density at radius 1 is 1.14 bits per heavy atom. The summed E-state index contributed by atoms with van der Waals surface area (Å²) in [5, 5.41) is 1.01. The Bertz CT molecular complexity index is 651. The Hall–Kier alpha value is -1.29. The Kier molecular flexibility index (Phi) is 4.77. The largest absolute Gasteiger partial charge is 0.437 e. The number of benzene rings is 1. The molecule has 2 N–H and O–H groups in total. The predicted octanol–water partition coefficient (Wildman–Crippen LogP) is 4.94. The topological polar surface area (TPSA) is 48.1 Å². The molecule has 0 fully saturated rings. The van der Waals surface area contributed by atoms with Crippen LogP contribution in [-0.2, 0) is 12.0 Å². The molecule has 1 aromatic heterocycles. The van der Waals surface area contributed by atoms with Gasteiger partial charge in [0.05, 0.1) is 10.7 Å². The quantitative estimate of drug-likeness (QED) is 0.870. The van der Waals surface area contributed by atoms with E-state index in [0.717, 1.165) is 11.3 Å². The number of rotatable bonds is 3. The first-order valence-electron chi connectivity index (χ1n) is 6.64. The standard InChI is InChI=1S/C16H18Cl2N2O/c1-16(2,3)14-6-10(9-19)7-15(20-14)21-13-5-4-11(17)8-12(13)18/h4-8H,9,19H2,1-3H3. The number of hydrogen-bond acceptors (Lipinski definition) is 3. The molecule has 0 aliphatic rings. The van der Waals surface area contributed by atoms with Crippen molar-refractivity contribution in [2.45, 2.75) is 32.7 Å². The van der Waals surface area contributed by atoms with Crippen LogP contribution in [0.5, 0.6) is 11.6 Å². The van der Waals surface area contributed by atoms with Crippen LogP contribution in [0.3, 0.4) is 0 Å². The molecule has 1 heterocycles. The smallest absolute Gasteiger partial charge is 0.219 e. The van der Waals surface area contributed by atoms with E-state index in [2.05, 4.69) is 25.8 Å². The van der Waals surface area contributed by atoms with E-state index in [1.165, 1.54) is 0 Å². The number of halogens is 2. The molecular weight excluding hydrogens is 307 g/mol. The van der Waals surface area contributed by atoms with Crippen LogP contribution in [0.1, 0.15) is 32.0 Å². The van der Waals surface area contributed by atoms with Gasteiger partial charge in [-0.05, 0) is 29.8 Å². The fourth-order valence-electron chi connectivity index (χ4n) is 1.78. The van der Waals surface area contributed by atoms with Crippen LogP contribution in [-0.4, -0.2) is 4.98 Å². The van der Waals surface area contributed by atoms with E-state index >= 15 is 0 Å². The maximum absolute atomic E-state index is 6.12. The minimum atomic E-state index is -0.0902. The van der Waals surface area contributed by atoms with Crippen molar-refractivity contribution in [3.63, 3.8) is 0 Å². The van der Waals surface area contributed by atoms with Crippen molar-refractivity contribution in [3.8, 4) is 11.6 Å². The van der Waals surface area contributed by atoms with Gasteiger partial charge in [-0.2, -0.15) is 0 Å². The minimum absolute atomic E-state index is 0.0902. The monoisotopic (exact) mass is 324 g/mol. The first kappa shape index (κ1) is 16.1. The summed E-state index contributed by atoms with van der Waals surface area (Å²) in [4.78, 5) is 4.54. The lowest BCUT2D eigenvalue weighted by Crippen LogP contribution is -2.15. The molecule has 5 heteroatoms. The molecule has 112 valence electrons. The minimum Gasteiger partial charge on any atom is -0.437 e. The van der Waals surface area contributed by atoms with Gasteiger partial charge in [-0.1, -0.05) is 44.0 Å². The number of hydrogen-bond donors (Lipinski definition) is 1. The van der Waals surface area contributed by atoms with E-state index < -0.39 is 0 Å². The maximum Gasteiger partial charge on any atom is 0.219 e. The lowest BCUT2D eigenvalue weighted by molar-refractivity contribution is 0.451. The number of pyridine rings is 1. The molecule has 2 rings (SSSR count). The first-order chi connectivity index (χ1) is 9.79. The molecule has 0 bridgehead atoms. The third-order valence-electron chi connectivity index (χ3n) is 2.97. The third kappa shape index (κ3) is 4.10. The highest BCUT2D eigenvalue weighted by atomic mass is 35.5. The van der Waals surface area contributed by atoms with Gasteiger partial charge in [0.25, 0.3) is 0 Å².